The molecule has 16 unspecified atom stereocenters. The molecule has 68 nitrogen and oxygen atoms in total. The van der Waals surface area contributed by atoms with Gasteiger partial charge in [-0.2, -0.15) is 39.5 Å². The number of anilines is 1. The van der Waals surface area contributed by atoms with E-state index in [2.05, 4.69) is 100 Å². The van der Waals surface area contributed by atoms with Crippen molar-refractivity contribution in [1.82, 2.24) is 34.2 Å². The minimum Gasteiger partial charge on any atom is -0.386 e. The highest BCUT2D eigenvalue weighted by molar-refractivity contribution is 7.68. The van der Waals surface area contributed by atoms with Gasteiger partial charge in [-0.1, -0.05) is 52.0 Å². The van der Waals surface area contributed by atoms with Crippen molar-refractivity contribution in [1.29, 1.82) is 0 Å². The third-order valence-electron chi connectivity index (χ3n) is 19.7. The van der Waals surface area contributed by atoms with E-state index >= 15 is 0 Å². The number of nitrogens with one attached hydrogen (secondary N) is 2. The number of aryl methyl sites for hydroxylation is 2. The van der Waals surface area contributed by atoms with Gasteiger partial charge in [-0.25, -0.2) is 79.3 Å². The van der Waals surface area contributed by atoms with E-state index in [1.54, 1.807) is 31.9 Å². The lowest BCUT2D eigenvalue weighted by Gasteiger charge is -2.33. The van der Waals surface area contributed by atoms with Crippen molar-refractivity contribution >= 4 is 124 Å². The number of nitrogen functional groups attached to an aromatic ring is 1. The van der Waals surface area contributed by atoms with E-state index in [1.807, 2.05) is 24.9 Å². The van der Waals surface area contributed by atoms with Crippen molar-refractivity contribution in [3.05, 3.63) is 129 Å². The van der Waals surface area contributed by atoms with Crippen LogP contribution in [-0.4, -0.2) is 285 Å². The number of aromatic amines is 1. The number of ether oxygens (including phenoxy) is 12. The molecule has 2 aromatic rings. The zero-order valence-corrected chi connectivity index (χ0v) is 87.2. The van der Waals surface area contributed by atoms with Crippen LogP contribution in [0.25, 0.3) is 0 Å². The maximum Gasteiger partial charge on any atom is 0.490 e. The molecular formula is C65H110N12O56P12. The topological polar surface area (TPSA) is 964 Å². The molecule has 0 radical (unpaired) electrons. The number of fused-ring (bicyclic) bond motifs is 2. The molecule has 0 aliphatic carbocycles. The molecule has 2 aromatic heterocycles. The molecule has 0 saturated carbocycles. The molecular weight excluding hydrogens is 2220 g/mol. The van der Waals surface area contributed by atoms with Crippen LogP contribution >= 0.6 is 93.9 Å². The lowest BCUT2D eigenvalue weighted by Crippen LogP contribution is -2.50. The molecule has 10 heterocycles. The number of nitrogens with two attached hydrogens (primary N) is 2. The minimum atomic E-state index is -5.70. The number of amides is 1. The Morgan fingerprint density at radius 2 is 0.745 bits per heavy atom. The summed E-state index contributed by atoms with van der Waals surface area (Å²) in [4.78, 5) is 217. The SMILES string of the molecule is C=CCOCOC1C[C@H](N2C=C(CC)C3C(=O)NC(C)=NC32)O[C@@H]1COP(=O)(O)OP(=O)(O)OP(=O)(O)O.C=CCOCOC1C[C@H](N2C=C(CC)C3C(N)=NC=NC32)O[C@@H]1COP(=O)(O)OP(=O)(O)OP(=O)(O)O.C=CCOCOC1C[C@H](n2cc(CC)c(=O)[nH]c2=O)O[C@@H]1COP(=O)(O)OP(=O)(O)OP(=O)(O)O.C=CCOCOC1C[C@H](n2cc(CC)c(N)nc2=O)O[C@@H]1COP(=O)(O)OP(=O)(O)OP(=O)(O)O. The minimum absolute atomic E-state index is 0.00300. The number of hydrogen-bond acceptors (Lipinski definition) is 48. The van der Waals surface area contributed by atoms with Crippen LogP contribution < -0.4 is 33.7 Å². The fourth-order valence-corrected chi connectivity index (χ4v) is 26.1. The Balaban J connectivity index is 0.000000262. The predicted octanol–water partition coefficient (Wildman–Crippen LogP) is 2.87. The Morgan fingerprint density at radius 1 is 0.428 bits per heavy atom. The first kappa shape index (κ1) is 127. The van der Waals surface area contributed by atoms with Crippen LogP contribution in [0.4, 0.5) is 5.82 Å². The lowest BCUT2D eigenvalue weighted by atomic mass is 9.95. The lowest BCUT2D eigenvalue weighted by molar-refractivity contribution is -0.127. The van der Waals surface area contributed by atoms with Crippen molar-refractivity contribution < 1.29 is 247 Å². The number of phosphoric ester groups is 4. The Labute approximate surface area is 821 Å². The highest BCUT2D eigenvalue weighted by Gasteiger charge is 2.54. The van der Waals surface area contributed by atoms with Gasteiger partial charge < -0.3 is 162 Å². The molecule has 10 rings (SSSR count). The third kappa shape index (κ3) is 42.0. The van der Waals surface area contributed by atoms with Crippen LogP contribution in [0.5, 0.6) is 0 Å². The number of carbonyl (C=O) groups excluding carboxylic acids is 1. The van der Waals surface area contributed by atoms with Gasteiger partial charge in [-0.15, -0.1) is 26.3 Å². The molecule has 4 fully saturated rings. The summed E-state index contributed by atoms with van der Waals surface area (Å²) >= 11 is 0. The first-order chi connectivity index (χ1) is 67.2. The fourth-order valence-electron chi connectivity index (χ4n) is 14.0. The molecule has 8 aliphatic heterocycles. The summed E-state index contributed by atoms with van der Waals surface area (Å²) in [5, 5.41) is 2.71. The average Bonchev–Trinajstić information content (AvgIpc) is 1.61. The van der Waals surface area contributed by atoms with Gasteiger partial charge in [-0.05, 0) is 43.8 Å². The number of aliphatic imine (C=N–C) groups is 3. The summed E-state index contributed by atoms with van der Waals surface area (Å²) in [6, 6.07) is 0. The van der Waals surface area contributed by atoms with Gasteiger partial charge in [0.2, 0.25) is 5.91 Å². The van der Waals surface area contributed by atoms with Gasteiger partial charge in [0.1, 0.15) is 119 Å². The molecule has 0 bridgehead atoms. The Hall–Kier alpha value is -5.16. The quantitative estimate of drug-likeness (QED) is 0.0196. The van der Waals surface area contributed by atoms with Crippen molar-refractivity contribution in [3.8, 4) is 0 Å². The number of aromatic nitrogens is 4. The zero-order valence-electron chi connectivity index (χ0n) is 76.5. The van der Waals surface area contributed by atoms with Crippen LogP contribution in [0.1, 0.15) is 96.7 Å². The summed E-state index contributed by atoms with van der Waals surface area (Å²) < 4.78 is 255. The fraction of sp³-hybridized carbons (Fsp3) is 0.631. The smallest absolute Gasteiger partial charge is 0.386 e. The first-order valence-corrected chi connectivity index (χ1v) is 59.6. The highest BCUT2D eigenvalue weighted by atomic mass is 31.3. The van der Waals surface area contributed by atoms with Gasteiger partial charge in [0, 0.05) is 61.6 Å². The number of phosphoric acid groups is 12. The monoisotopic (exact) mass is 2330 g/mol. The molecule has 0 spiro atoms. The summed E-state index contributed by atoms with van der Waals surface area (Å²) in [5.74, 6) is -0.0876. The molecule has 8 aliphatic rings. The number of hydrogen-bond donors (Lipinski definition) is 20. The van der Waals surface area contributed by atoms with E-state index in [4.69, 9.17) is 117 Å². The number of amidine groups is 2. The molecule has 4 saturated heterocycles. The predicted molar refractivity (Wildman–Crippen MR) is 486 cm³/mol. The Bertz CT molecular complexity index is 5790. The van der Waals surface area contributed by atoms with E-state index in [0.29, 0.717) is 42.9 Å². The molecule has 22 N–H and O–H groups in total. The molecule has 24 atom stereocenters. The average molecular weight is 2330 g/mol. The second-order valence-electron chi connectivity index (χ2n) is 30.1. The summed E-state index contributed by atoms with van der Waals surface area (Å²) in [7, 11) is -66.4. The van der Waals surface area contributed by atoms with Crippen LogP contribution in [0, 0.1) is 11.8 Å². The maximum absolute atomic E-state index is 12.6. The molecule has 0 aromatic carbocycles. The second kappa shape index (κ2) is 55.1. The number of rotatable bonds is 56. The molecule has 1 amide bonds. The van der Waals surface area contributed by atoms with E-state index in [1.165, 1.54) is 43.0 Å². The summed E-state index contributed by atoms with van der Waals surface area (Å²) in [5.41, 5.74) is 12.4. The zero-order chi connectivity index (χ0) is 109. The van der Waals surface area contributed by atoms with Crippen LogP contribution in [0.2, 0.25) is 0 Å². The van der Waals surface area contributed by atoms with Crippen molar-refractivity contribution in [3.63, 3.8) is 0 Å². The largest absolute Gasteiger partial charge is 0.490 e. The second-order valence-corrected chi connectivity index (χ2v) is 47.8. The van der Waals surface area contributed by atoms with Gasteiger partial charge >= 0.3 is 105 Å². The summed E-state index contributed by atoms with van der Waals surface area (Å²) in [6.07, 6.45) is 4.22. The number of H-pyrrole nitrogens is 1. The van der Waals surface area contributed by atoms with Crippen LogP contribution in [0.3, 0.4) is 0 Å². The number of carbonyl (C=O) groups is 1. The Kier molecular flexibility index (Phi) is 48.1. The van der Waals surface area contributed by atoms with Crippen molar-refractivity contribution in [2.24, 2.45) is 32.5 Å². The van der Waals surface area contributed by atoms with Gasteiger partial charge in [0.05, 0.1) is 83.2 Å². The van der Waals surface area contributed by atoms with Crippen molar-refractivity contribution in [2.45, 2.75) is 172 Å². The maximum atomic E-state index is 12.6. The Morgan fingerprint density at radius 3 is 1.08 bits per heavy atom. The summed E-state index contributed by atoms with van der Waals surface area (Å²) in [6.45, 7) is 19.9. The van der Waals surface area contributed by atoms with Crippen LogP contribution in [-0.2, 0) is 182 Å². The number of nitrogens with zero attached hydrogens (tertiary/aromatic N) is 8. The highest BCUT2D eigenvalue weighted by Crippen LogP contribution is 2.70. The van der Waals surface area contributed by atoms with Gasteiger partial charge in [0.15, 0.2) is 0 Å². The van der Waals surface area contributed by atoms with Gasteiger partial charge in [0.25, 0.3) is 5.56 Å². The normalized spacial score (nSPS) is 27.5. The molecule has 145 heavy (non-hydrogen) atoms. The van der Waals surface area contributed by atoms with E-state index in [-0.39, 0.29) is 102 Å². The van der Waals surface area contributed by atoms with Crippen molar-refractivity contribution in [2.75, 3.05) is 85.8 Å². The standard InChI is InChI=1S/C18H30N3O14P3.C17H29N4O13P3.C15H26N3O14P3.C15H25N2O15P3/c1-4-6-30-10-31-13-7-15(21-8-12(5-2)16-17(21)19-11(3)20-18(16)22)33-14(13)9-32-37(26,27)35-38(28,29)34-36(23,24)25;1-3-5-29-10-30-12-6-14(21-7-11(4-2)15-16(18)19-9-20-17(15)21)32-13(12)8-31-36(25,26)34-37(27,28)33-35(22,23)24;1-3-5-27-9-28-11-6-13(18-7-10(4-2)14(16)17-15(18)19)30-12(11)8-29-34(23,24)32-35(25,26)31-33(20,21)22;1-3-5-27-9-28-11-6-13(17-7-10(4-2)14(18)16-15(17)19)30-12(11)8-29-34(23,24)32-35(25,26)31-33(20,21)22/h4,8,13-17H,1,5-7,9-10H2,2-3H3,(H,26,27)(H,28,29)(H,19,20,22)(H2,23,24,25);3,7,9,12-15,17H,1,4-6,8,10H2,2H3,(H,25,26)(H,27,28)(H2,18,19,20)(H2,22,23,24);3,7,11-13H,1,4-6,8-9H2,2H3,(H,23,24)(H,25,26)(H2,16,17,19)(H2,20,21,22);3,7,11-13H,1,4-6,8-9H2,2H3,(H,23,24)(H,25,26)(H,16,18,19)(H2,20,21,22)/t13?,14-,15-,16?,17?;12?,13-,14-,15?,17?;2*11?,12-,13-/m1111/s1. The molecule has 80 heteroatoms. The van der Waals surface area contributed by atoms with E-state index < -0.39 is 229 Å². The van der Waals surface area contributed by atoms with Gasteiger partial charge in [-0.3, -0.25) is 41.8 Å². The van der Waals surface area contributed by atoms with E-state index in [0.717, 1.165) is 20.3 Å². The molecule has 826 valence electrons. The first-order valence-electron chi connectivity index (χ1n) is 41.6. The van der Waals surface area contributed by atoms with E-state index in [9.17, 15) is 113 Å². The third-order valence-corrected chi connectivity index (χ3v) is 34.9. The van der Waals surface area contributed by atoms with Crippen LogP contribution in [0.15, 0.2) is 116 Å².